The molecule has 1 fully saturated rings. The number of alkyl halides is 1. The number of hydrogen-bond acceptors (Lipinski definition) is 3. The van der Waals surface area contributed by atoms with E-state index in [1.165, 1.54) is 117 Å². The summed E-state index contributed by atoms with van der Waals surface area (Å²) in [7, 11) is 0. The van der Waals surface area contributed by atoms with Crippen LogP contribution in [-0.4, -0.2) is 12.8 Å². The van der Waals surface area contributed by atoms with Gasteiger partial charge >= 0.3 is 0 Å². The molecule has 4 heterocycles. The van der Waals surface area contributed by atoms with Crippen molar-refractivity contribution in [3.63, 3.8) is 0 Å². The van der Waals surface area contributed by atoms with Gasteiger partial charge in [-0.3, -0.25) is 0 Å². The lowest BCUT2D eigenvalue weighted by Crippen LogP contribution is -2.63. The number of anilines is 4. The van der Waals surface area contributed by atoms with Gasteiger partial charge in [0.25, 0.3) is 6.71 Å². The van der Waals surface area contributed by atoms with E-state index in [-0.39, 0.29) is 48.7 Å². The number of aryl methyl sites for hydroxylation is 1. The molecule has 5 aliphatic carbocycles. The molecule has 3 aromatic carbocycles. The van der Waals surface area contributed by atoms with Gasteiger partial charge < -0.3 is 14.2 Å². The molecule has 0 saturated heterocycles. The summed E-state index contributed by atoms with van der Waals surface area (Å²) in [6, 6.07) is 15.3. The fraction of sp³-hybridized carbons (Fsp3) is 0.541. The molecule has 0 spiro atoms. The molecular formula is C61H74BIN2O. The first-order valence-corrected chi connectivity index (χ1v) is 26.8. The van der Waals surface area contributed by atoms with Gasteiger partial charge in [-0.25, -0.2) is 0 Å². The minimum atomic E-state index is -0.0353. The molecule has 8 aliphatic rings. The highest BCUT2D eigenvalue weighted by Gasteiger charge is 2.56. The highest BCUT2D eigenvalue weighted by atomic mass is 127. The first kappa shape index (κ1) is 43.8. The average molecular weight is 989 g/mol. The summed E-state index contributed by atoms with van der Waals surface area (Å²) in [6.45, 7) is 39.6. The van der Waals surface area contributed by atoms with Gasteiger partial charge in [0.15, 0.2) is 0 Å². The fourth-order valence-corrected chi connectivity index (χ4v) is 15.7. The molecule has 66 heavy (non-hydrogen) atoms. The topological polar surface area (TPSA) is 19.6 Å². The number of allylic oxidation sites excluding steroid dienone is 5. The molecule has 12 rings (SSSR count). The first-order chi connectivity index (χ1) is 30.6. The third-order valence-electron chi connectivity index (χ3n) is 19.4. The SMILES string of the molecule is CC1=CC2C(C=C1N1c3ccc(C(C)(C)C)cc3B3c4oc5cc6c(c7c5c4N(c4cc(C)cc1c43)C1CC3=C(C=C71)C(C)(C)CCC3(C)C)C(C)(I)CCC6(C)C)C(C)(C)CCC2(C)C. The number of furan rings is 1. The van der Waals surface area contributed by atoms with Gasteiger partial charge in [-0.15, -0.1) is 0 Å². The molecule has 3 aliphatic heterocycles. The van der Waals surface area contributed by atoms with Crippen LogP contribution in [0.4, 0.5) is 22.7 Å². The summed E-state index contributed by atoms with van der Waals surface area (Å²) in [4.78, 5) is 5.58. The Bertz CT molecular complexity index is 3000. The van der Waals surface area contributed by atoms with E-state index in [4.69, 9.17) is 4.42 Å². The van der Waals surface area contributed by atoms with Crippen LogP contribution in [0.2, 0.25) is 0 Å². The zero-order valence-electron chi connectivity index (χ0n) is 43.1. The Morgan fingerprint density at radius 1 is 0.727 bits per heavy atom. The van der Waals surface area contributed by atoms with Crippen molar-refractivity contribution >= 4 is 85.2 Å². The molecular weight excluding hydrogens is 914 g/mol. The molecule has 4 aromatic rings. The van der Waals surface area contributed by atoms with E-state index in [1.54, 1.807) is 16.7 Å². The van der Waals surface area contributed by atoms with Crippen LogP contribution < -0.4 is 26.4 Å². The van der Waals surface area contributed by atoms with Crippen molar-refractivity contribution in [2.75, 3.05) is 9.80 Å². The van der Waals surface area contributed by atoms with Gasteiger partial charge in [-0.1, -0.05) is 149 Å². The van der Waals surface area contributed by atoms with E-state index in [2.05, 4.69) is 198 Å². The standard InChI is InChI=1S/C61H74BIN2O/c1-33-25-46-52-47(26-33)65-45-31-40-38(57(8,9)20-22-59(40,12)13)29-36(45)49-50-48(32-41-51(49)61(16,63)24-23-60(41,14)15)66-54(53(50)65)62(52)42-28-35(55(3,4)5)17-18-43(42)64(46)44-30-39-37(27-34(44)2)56(6,7)19-21-58(39,10)11/h17-18,25-30,32,37,39,45H,19-24,31H2,1-16H3. The Balaban J connectivity index is 1.20. The summed E-state index contributed by atoms with van der Waals surface area (Å²) < 4.78 is 7.78. The Morgan fingerprint density at radius 2 is 1.38 bits per heavy atom. The molecule has 344 valence electrons. The molecule has 4 unspecified atom stereocenters. The van der Waals surface area contributed by atoms with E-state index >= 15 is 0 Å². The Kier molecular flexibility index (Phi) is 8.79. The van der Waals surface area contributed by atoms with Gasteiger partial charge in [-0.05, 0) is 190 Å². The normalized spacial score (nSPS) is 28.9. The highest BCUT2D eigenvalue weighted by molar-refractivity contribution is 14.1. The Hall–Kier alpha value is -3.45. The van der Waals surface area contributed by atoms with Crippen molar-refractivity contribution in [3.05, 3.63) is 105 Å². The lowest BCUT2D eigenvalue weighted by molar-refractivity contribution is 0.0321. The first-order valence-electron chi connectivity index (χ1n) is 25.7. The molecule has 5 heteroatoms. The van der Waals surface area contributed by atoms with Crippen molar-refractivity contribution in [1.29, 1.82) is 0 Å². The number of nitrogens with zero attached hydrogens (tertiary/aromatic N) is 2. The maximum atomic E-state index is 7.77. The zero-order chi connectivity index (χ0) is 47.0. The van der Waals surface area contributed by atoms with E-state index in [1.807, 2.05) is 0 Å². The van der Waals surface area contributed by atoms with Crippen molar-refractivity contribution in [2.45, 2.75) is 176 Å². The van der Waals surface area contributed by atoms with Crippen molar-refractivity contribution in [1.82, 2.24) is 0 Å². The number of hydrogen-bond donors (Lipinski definition) is 0. The molecule has 0 amide bonds. The molecule has 0 radical (unpaired) electrons. The van der Waals surface area contributed by atoms with Crippen LogP contribution in [-0.2, 0) is 14.3 Å². The van der Waals surface area contributed by atoms with Crippen molar-refractivity contribution in [2.24, 2.45) is 33.5 Å². The molecule has 0 bridgehead atoms. The van der Waals surface area contributed by atoms with Crippen LogP contribution in [0.3, 0.4) is 0 Å². The third kappa shape index (κ3) is 5.79. The van der Waals surface area contributed by atoms with Gasteiger partial charge in [0, 0.05) is 26.2 Å². The van der Waals surface area contributed by atoms with Crippen molar-refractivity contribution in [3.8, 4) is 0 Å². The molecule has 0 N–H and O–H groups in total. The second-order valence-electron chi connectivity index (χ2n) is 27.2. The maximum Gasteiger partial charge on any atom is 0.297 e. The minimum absolute atomic E-state index is 0.00988. The minimum Gasteiger partial charge on any atom is -0.468 e. The fourth-order valence-electron chi connectivity index (χ4n) is 14.9. The average Bonchev–Trinajstić information content (AvgIpc) is 3.61. The molecule has 3 nitrogen and oxygen atoms in total. The van der Waals surface area contributed by atoms with Gasteiger partial charge in [0.2, 0.25) is 0 Å². The second kappa shape index (κ2) is 13.2. The summed E-state index contributed by atoms with van der Waals surface area (Å²) in [5.74, 6) is 0.972. The van der Waals surface area contributed by atoms with Gasteiger partial charge in [0.1, 0.15) is 5.58 Å². The number of benzene rings is 3. The molecule has 1 aromatic heterocycles. The van der Waals surface area contributed by atoms with Crippen LogP contribution in [0, 0.1) is 40.4 Å². The second-order valence-corrected chi connectivity index (χ2v) is 29.6. The predicted molar refractivity (Wildman–Crippen MR) is 291 cm³/mol. The predicted octanol–water partition coefficient (Wildman–Crippen LogP) is 15.4. The van der Waals surface area contributed by atoms with Gasteiger partial charge in [-0.2, -0.15) is 0 Å². The van der Waals surface area contributed by atoms with E-state index < -0.39 is 0 Å². The molecule has 4 atom stereocenters. The highest BCUT2D eigenvalue weighted by Crippen LogP contribution is 2.63. The quantitative estimate of drug-likeness (QED) is 0.108. The largest absolute Gasteiger partial charge is 0.468 e. The summed E-state index contributed by atoms with van der Waals surface area (Å²) in [6.07, 6.45) is 16.5. The van der Waals surface area contributed by atoms with E-state index in [9.17, 15) is 0 Å². The third-order valence-corrected chi connectivity index (χ3v) is 20.5. The van der Waals surface area contributed by atoms with Crippen LogP contribution in [0.15, 0.2) is 81.5 Å². The summed E-state index contributed by atoms with van der Waals surface area (Å²) in [5, 5.41) is 1.36. The summed E-state index contributed by atoms with van der Waals surface area (Å²) in [5.41, 5.74) is 26.0. The van der Waals surface area contributed by atoms with E-state index in [0.29, 0.717) is 11.8 Å². The van der Waals surface area contributed by atoms with Crippen LogP contribution >= 0.6 is 22.6 Å². The van der Waals surface area contributed by atoms with Crippen molar-refractivity contribution < 1.29 is 4.42 Å². The molecule has 1 saturated carbocycles. The van der Waals surface area contributed by atoms with Crippen LogP contribution in [0.25, 0.3) is 16.5 Å². The lowest BCUT2D eigenvalue weighted by Gasteiger charge is -2.54. The maximum absolute atomic E-state index is 7.77. The van der Waals surface area contributed by atoms with Crippen LogP contribution in [0.5, 0.6) is 0 Å². The zero-order valence-corrected chi connectivity index (χ0v) is 45.3. The van der Waals surface area contributed by atoms with Crippen LogP contribution in [0.1, 0.15) is 177 Å². The Labute approximate surface area is 411 Å². The number of rotatable bonds is 1. The number of fused-ring (bicyclic) bond motifs is 10. The Morgan fingerprint density at radius 3 is 2.08 bits per heavy atom. The summed E-state index contributed by atoms with van der Waals surface area (Å²) >= 11 is 2.85. The lowest BCUT2D eigenvalue weighted by atomic mass is 9.35. The van der Waals surface area contributed by atoms with Gasteiger partial charge in [0.05, 0.1) is 22.8 Å². The van der Waals surface area contributed by atoms with E-state index in [0.717, 1.165) is 17.7 Å². The number of halogens is 1. The monoisotopic (exact) mass is 988 g/mol. The smallest absolute Gasteiger partial charge is 0.297 e.